The molecule has 0 saturated carbocycles. The Morgan fingerprint density at radius 3 is 2.15 bits per heavy atom. The number of anilines is 1. The van der Waals surface area contributed by atoms with Crippen LogP contribution in [0, 0.1) is 5.92 Å². The van der Waals surface area contributed by atoms with Crippen LogP contribution >= 0.6 is 0 Å². The van der Waals surface area contributed by atoms with Crippen LogP contribution in [0.5, 0.6) is 0 Å². The first-order chi connectivity index (χ1) is 16.1. The van der Waals surface area contributed by atoms with Gasteiger partial charge in [-0.1, -0.05) is 60.7 Å². The maximum atomic E-state index is 13.5. The van der Waals surface area contributed by atoms with Gasteiger partial charge >= 0.3 is 5.97 Å². The van der Waals surface area contributed by atoms with Crippen molar-refractivity contribution in [1.82, 2.24) is 4.90 Å². The minimum absolute atomic E-state index is 0.203. The summed E-state index contributed by atoms with van der Waals surface area (Å²) >= 11 is 0. The highest BCUT2D eigenvalue weighted by Crippen LogP contribution is 2.46. The Labute approximate surface area is 191 Å². The van der Waals surface area contributed by atoms with Crippen LogP contribution < -0.4 is 5.06 Å². The van der Waals surface area contributed by atoms with Gasteiger partial charge in [0.05, 0.1) is 30.9 Å². The second-order valence-electron chi connectivity index (χ2n) is 8.02. The number of likely N-dealkylation sites (tertiary alicyclic amines) is 1. The quantitative estimate of drug-likeness (QED) is 0.445. The van der Waals surface area contributed by atoms with Crippen LogP contribution in [0.15, 0.2) is 84.9 Å². The standard InChI is InChI=1S/C26H22N2O5/c1-32-26(31)19-14-12-18(13-15-19)22-21-23(33-28(22)20-10-6-3-7-11-20)25(30)27(24(21)29)16-17-8-4-2-5-9-17/h2-15,21-23H,16H2,1H3/t21-,22+,23-/m0/s1. The normalized spacial score (nSPS) is 21.9. The van der Waals surface area contributed by atoms with Gasteiger partial charge in [-0.25, -0.2) is 9.86 Å². The van der Waals surface area contributed by atoms with E-state index in [1.54, 1.807) is 29.3 Å². The molecule has 5 rings (SSSR count). The fourth-order valence-electron chi connectivity index (χ4n) is 4.47. The van der Waals surface area contributed by atoms with Crippen LogP contribution in [-0.4, -0.2) is 35.9 Å². The monoisotopic (exact) mass is 442 g/mol. The minimum atomic E-state index is -0.910. The zero-order chi connectivity index (χ0) is 22.9. The molecule has 166 valence electrons. The van der Waals surface area contributed by atoms with Crippen molar-refractivity contribution in [3.05, 3.63) is 102 Å². The van der Waals surface area contributed by atoms with Crippen molar-refractivity contribution in [2.24, 2.45) is 5.92 Å². The van der Waals surface area contributed by atoms with E-state index in [-0.39, 0.29) is 18.4 Å². The summed E-state index contributed by atoms with van der Waals surface area (Å²) in [5, 5.41) is 1.64. The number of amides is 2. The maximum absolute atomic E-state index is 13.5. The molecule has 7 heteroatoms. The molecule has 0 unspecified atom stereocenters. The second-order valence-corrected chi connectivity index (χ2v) is 8.02. The van der Waals surface area contributed by atoms with Crippen LogP contribution in [0.3, 0.4) is 0 Å². The lowest BCUT2D eigenvalue weighted by Gasteiger charge is -2.28. The molecule has 0 aromatic heterocycles. The fourth-order valence-corrected chi connectivity index (χ4v) is 4.47. The Morgan fingerprint density at radius 2 is 1.52 bits per heavy atom. The average molecular weight is 442 g/mol. The van der Waals surface area contributed by atoms with Crippen molar-refractivity contribution in [1.29, 1.82) is 0 Å². The number of carbonyl (C=O) groups is 3. The number of nitrogens with zero attached hydrogens (tertiary/aromatic N) is 2. The first-order valence-corrected chi connectivity index (χ1v) is 10.7. The fraction of sp³-hybridized carbons (Fsp3) is 0.192. The highest BCUT2D eigenvalue weighted by molar-refractivity contribution is 6.07. The Balaban J connectivity index is 1.51. The van der Waals surface area contributed by atoms with Gasteiger partial charge in [0, 0.05) is 0 Å². The molecule has 2 amide bonds. The zero-order valence-corrected chi connectivity index (χ0v) is 18.0. The molecule has 0 bridgehead atoms. The van der Waals surface area contributed by atoms with Crippen molar-refractivity contribution >= 4 is 23.5 Å². The highest BCUT2D eigenvalue weighted by atomic mass is 16.7. The van der Waals surface area contributed by atoms with Gasteiger partial charge in [-0.2, -0.15) is 0 Å². The number of para-hydroxylation sites is 1. The Bertz CT molecular complexity index is 1180. The molecule has 7 nitrogen and oxygen atoms in total. The molecule has 33 heavy (non-hydrogen) atoms. The van der Waals surface area contributed by atoms with Crippen LogP contribution in [-0.2, 0) is 25.7 Å². The molecule has 3 aromatic carbocycles. The van der Waals surface area contributed by atoms with Gasteiger partial charge in [0.15, 0.2) is 6.10 Å². The molecule has 0 aliphatic carbocycles. The number of hydroxylamine groups is 1. The Hall–Kier alpha value is -3.97. The van der Waals surface area contributed by atoms with E-state index in [9.17, 15) is 14.4 Å². The molecule has 2 heterocycles. The van der Waals surface area contributed by atoms with Gasteiger partial charge in [-0.3, -0.25) is 19.3 Å². The lowest BCUT2D eigenvalue weighted by atomic mass is 9.90. The number of methoxy groups -OCH3 is 1. The van der Waals surface area contributed by atoms with E-state index in [0.29, 0.717) is 5.56 Å². The number of hydrogen-bond acceptors (Lipinski definition) is 6. The first kappa shape index (κ1) is 20.9. The van der Waals surface area contributed by atoms with Crippen molar-refractivity contribution < 1.29 is 24.0 Å². The van der Waals surface area contributed by atoms with Gasteiger partial charge in [0.1, 0.15) is 5.92 Å². The molecule has 0 radical (unpaired) electrons. The van der Waals surface area contributed by atoms with Crippen LogP contribution in [0.1, 0.15) is 27.5 Å². The summed E-state index contributed by atoms with van der Waals surface area (Å²) in [5.74, 6) is -1.76. The lowest BCUT2D eigenvalue weighted by Crippen LogP contribution is -2.36. The molecular formula is C26H22N2O5. The number of ether oxygens (including phenoxy) is 1. The summed E-state index contributed by atoms with van der Waals surface area (Å²) in [7, 11) is 1.33. The molecule has 2 fully saturated rings. The summed E-state index contributed by atoms with van der Waals surface area (Å²) in [4.78, 5) is 46.0. The Kier molecular flexibility index (Phi) is 5.40. The highest BCUT2D eigenvalue weighted by Gasteiger charge is 2.59. The van der Waals surface area contributed by atoms with E-state index in [1.807, 2.05) is 60.7 Å². The molecule has 2 aliphatic heterocycles. The third kappa shape index (κ3) is 3.66. The molecule has 2 aliphatic rings. The van der Waals surface area contributed by atoms with Crippen molar-refractivity contribution in [3.63, 3.8) is 0 Å². The SMILES string of the molecule is COC(=O)c1ccc([C@@H]2[C@@H]3C(=O)N(Cc4ccccc4)C(=O)[C@H]3ON2c2ccccc2)cc1. The topological polar surface area (TPSA) is 76.2 Å². The number of imide groups is 1. The smallest absolute Gasteiger partial charge is 0.337 e. The predicted octanol–water partition coefficient (Wildman–Crippen LogP) is 3.52. The molecule has 0 spiro atoms. The second kappa shape index (κ2) is 8.52. The predicted molar refractivity (Wildman–Crippen MR) is 120 cm³/mol. The van der Waals surface area contributed by atoms with E-state index >= 15 is 0 Å². The number of esters is 1. The van der Waals surface area contributed by atoms with Crippen molar-refractivity contribution in [2.45, 2.75) is 18.7 Å². The van der Waals surface area contributed by atoms with E-state index < -0.39 is 24.0 Å². The summed E-state index contributed by atoms with van der Waals surface area (Å²) in [5.41, 5.74) is 2.78. The number of carbonyl (C=O) groups excluding carboxylic acids is 3. The van der Waals surface area contributed by atoms with E-state index in [2.05, 4.69) is 0 Å². The summed E-state index contributed by atoms with van der Waals surface area (Å²) in [6.07, 6.45) is -0.910. The van der Waals surface area contributed by atoms with Gasteiger partial charge in [-0.15, -0.1) is 0 Å². The molecule has 2 saturated heterocycles. The van der Waals surface area contributed by atoms with Gasteiger partial charge in [0.2, 0.25) is 5.91 Å². The number of fused-ring (bicyclic) bond motifs is 1. The van der Waals surface area contributed by atoms with Gasteiger partial charge < -0.3 is 4.74 Å². The van der Waals surface area contributed by atoms with Crippen molar-refractivity contribution in [3.8, 4) is 0 Å². The maximum Gasteiger partial charge on any atom is 0.337 e. The third-order valence-electron chi connectivity index (χ3n) is 6.07. The van der Waals surface area contributed by atoms with Gasteiger partial charge in [0.25, 0.3) is 5.91 Å². The molecule has 3 atom stereocenters. The Morgan fingerprint density at radius 1 is 0.879 bits per heavy atom. The molecular weight excluding hydrogens is 420 g/mol. The lowest BCUT2D eigenvalue weighted by molar-refractivity contribution is -0.143. The average Bonchev–Trinajstić information content (AvgIpc) is 3.37. The van der Waals surface area contributed by atoms with E-state index in [4.69, 9.17) is 9.57 Å². The van der Waals surface area contributed by atoms with Crippen LogP contribution in [0.25, 0.3) is 0 Å². The number of rotatable bonds is 5. The van der Waals surface area contributed by atoms with E-state index in [0.717, 1.165) is 16.8 Å². The number of hydrogen-bond donors (Lipinski definition) is 0. The molecule has 0 N–H and O–H groups in total. The van der Waals surface area contributed by atoms with Crippen molar-refractivity contribution in [2.75, 3.05) is 12.2 Å². The van der Waals surface area contributed by atoms with Crippen LogP contribution in [0.4, 0.5) is 5.69 Å². The molecule has 3 aromatic rings. The first-order valence-electron chi connectivity index (χ1n) is 10.7. The summed E-state index contributed by atoms with van der Waals surface area (Å²) in [6, 6.07) is 25.1. The summed E-state index contributed by atoms with van der Waals surface area (Å²) in [6.45, 7) is 0.203. The largest absolute Gasteiger partial charge is 0.465 e. The minimum Gasteiger partial charge on any atom is -0.465 e. The van der Waals surface area contributed by atoms with Crippen LogP contribution in [0.2, 0.25) is 0 Å². The zero-order valence-electron chi connectivity index (χ0n) is 18.0. The third-order valence-corrected chi connectivity index (χ3v) is 6.07. The van der Waals surface area contributed by atoms with E-state index in [1.165, 1.54) is 12.0 Å². The number of benzene rings is 3. The summed E-state index contributed by atoms with van der Waals surface area (Å²) < 4.78 is 4.78. The van der Waals surface area contributed by atoms with Gasteiger partial charge in [-0.05, 0) is 35.4 Å².